The standard InChI is InChI=1S/C23H18ClF4N7O/c1-2-35-12-17(11-32-35)34-22-30-8-15(9-31-22)13-3-4-14(19(25)5-13)6-20(36)33-16-7-18(23(26,27)28)21(24)29-10-16/h3-5,7-12H,2,6H2,1H3,(H,33,36)(H,30,31,34). The van der Waals surface area contributed by atoms with Crippen molar-refractivity contribution < 1.29 is 22.4 Å². The Bertz CT molecular complexity index is 1390. The van der Waals surface area contributed by atoms with Gasteiger partial charge in [-0.1, -0.05) is 23.7 Å². The highest BCUT2D eigenvalue weighted by atomic mass is 35.5. The Hall–Kier alpha value is -4.06. The Labute approximate surface area is 207 Å². The zero-order valence-electron chi connectivity index (χ0n) is 18.6. The molecule has 4 aromatic rings. The highest BCUT2D eigenvalue weighted by molar-refractivity contribution is 6.30. The highest BCUT2D eigenvalue weighted by Gasteiger charge is 2.34. The van der Waals surface area contributed by atoms with Crippen LogP contribution >= 0.6 is 11.6 Å². The van der Waals surface area contributed by atoms with E-state index in [2.05, 4.69) is 30.7 Å². The van der Waals surface area contributed by atoms with E-state index in [4.69, 9.17) is 11.6 Å². The van der Waals surface area contributed by atoms with Crippen molar-refractivity contribution in [3.63, 3.8) is 0 Å². The van der Waals surface area contributed by atoms with Gasteiger partial charge in [0, 0.05) is 30.7 Å². The minimum Gasteiger partial charge on any atom is -0.324 e. The first kappa shape index (κ1) is 25.0. The molecule has 0 fully saturated rings. The van der Waals surface area contributed by atoms with Crippen LogP contribution in [0.4, 0.5) is 34.9 Å². The number of anilines is 3. The summed E-state index contributed by atoms with van der Waals surface area (Å²) in [6.45, 7) is 2.69. The van der Waals surface area contributed by atoms with E-state index in [1.807, 2.05) is 6.92 Å². The molecule has 0 aliphatic rings. The Morgan fingerprint density at radius 3 is 2.42 bits per heavy atom. The number of alkyl halides is 3. The summed E-state index contributed by atoms with van der Waals surface area (Å²) in [5, 5.41) is 8.71. The molecule has 186 valence electrons. The smallest absolute Gasteiger partial charge is 0.324 e. The number of hydrogen-bond donors (Lipinski definition) is 2. The number of amides is 1. The summed E-state index contributed by atoms with van der Waals surface area (Å²) in [4.78, 5) is 24.2. The minimum absolute atomic E-state index is 0.0568. The van der Waals surface area contributed by atoms with Crippen molar-refractivity contribution in [1.82, 2.24) is 24.7 Å². The van der Waals surface area contributed by atoms with Crippen LogP contribution in [-0.2, 0) is 23.9 Å². The summed E-state index contributed by atoms with van der Waals surface area (Å²) in [5.41, 5.74) is 0.424. The van der Waals surface area contributed by atoms with Crippen LogP contribution in [0.15, 0.2) is 55.2 Å². The predicted molar refractivity (Wildman–Crippen MR) is 125 cm³/mol. The molecule has 0 aliphatic heterocycles. The highest BCUT2D eigenvalue weighted by Crippen LogP contribution is 2.35. The number of carbonyl (C=O) groups excluding carboxylic acids is 1. The van der Waals surface area contributed by atoms with E-state index in [-0.39, 0.29) is 11.3 Å². The van der Waals surface area contributed by atoms with Gasteiger partial charge in [-0.25, -0.2) is 19.3 Å². The summed E-state index contributed by atoms with van der Waals surface area (Å²) >= 11 is 5.48. The molecule has 0 spiro atoms. The largest absolute Gasteiger partial charge is 0.419 e. The lowest BCUT2D eigenvalue weighted by Gasteiger charge is -2.11. The number of aromatic nitrogens is 5. The fourth-order valence-electron chi connectivity index (χ4n) is 3.24. The number of benzene rings is 1. The third-order valence-electron chi connectivity index (χ3n) is 5.03. The molecule has 0 saturated carbocycles. The van der Waals surface area contributed by atoms with Crippen LogP contribution in [0.2, 0.25) is 5.15 Å². The monoisotopic (exact) mass is 519 g/mol. The summed E-state index contributed by atoms with van der Waals surface area (Å²) in [5.74, 6) is -1.04. The van der Waals surface area contributed by atoms with Gasteiger partial charge in [0.25, 0.3) is 0 Å². The van der Waals surface area contributed by atoms with E-state index in [1.165, 1.54) is 24.5 Å². The number of hydrogen-bond acceptors (Lipinski definition) is 6. The van der Waals surface area contributed by atoms with Gasteiger partial charge in [-0.2, -0.15) is 18.3 Å². The summed E-state index contributed by atoms with van der Waals surface area (Å²) in [7, 11) is 0. The van der Waals surface area contributed by atoms with Crippen LogP contribution in [0.1, 0.15) is 18.1 Å². The van der Waals surface area contributed by atoms with E-state index >= 15 is 0 Å². The van der Waals surface area contributed by atoms with Crippen LogP contribution < -0.4 is 10.6 Å². The van der Waals surface area contributed by atoms with Crippen LogP contribution in [0.25, 0.3) is 11.1 Å². The molecule has 0 saturated heterocycles. The average Bonchev–Trinajstić information content (AvgIpc) is 3.29. The quantitative estimate of drug-likeness (QED) is 0.247. The maximum Gasteiger partial charge on any atom is 0.419 e. The first-order valence-corrected chi connectivity index (χ1v) is 10.9. The average molecular weight is 520 g/mol. The maximum absolute atomic E-state index is 14.7. The van der Waals surface area contributed by atoms with Gasteiger partial charge in [0.2, 0.25) is 11.9 Å². The lowest BCUT2D eigenvalue weighted by atomic mass is 10.0. The molecule has 0 unspecified atom stereocenters. The predicted octanol–water partition coefficient (Wildman–Crippen LogP) is 5.49. The first-order chi connectivity index (χ1) is 17.1. The number of carbonyl (C=O) groups is 1. The molecule has 0 atom stereocenters. The molecule has 0 aliphatic carbocycles. The van der Waals surface area contributed by atoms with Crippen LogP contribution in [0, 0.1) is 5.82 Å². The summed E-state index contributed by atoms with van der Waals surface area (Å²) in [6, 6.07) is 4.90. The topological polar surface area (TPSA) is 97.6 Å². The van der Waals surface area contributed by atoms with Gasteiger partial charge >= 0.3 is 6.18 Å². The lowest BCUT2D eigenvalue weighted by Crippen LogP contribution is -2.16. The molecular weight excluding hydrogens is 502 g/mol. The van der Waals surface area contributed by atoms with Crippen molar-refractivity contribution in [3.8, 4) is 11.1 Å². The molecule has 3 heterocycles. The molecule has 8 nitrogen and oxygen atoms in total. The molecule has 1 amide bonds. The van der Waals surface area contributed by atoms with Gasteiger partial charge in [0.05, 0.1) is 35.8 Å². The third kappa shape index (κ3) is 5.95. The molecule has 13 heteroatoms. The Kier molecular flexibility index (Phi) is 7.15. The van der Waals surface area contributed by atoms with E-state index in [0.29, 0.717) is 23.1 Å². The second-order valence-electron chi connectivity index (χ2n) is 7.60. The van der Waals surface area contributed by atoms with Gasteiger partial charge in [0.15, 0.2) is 0 Å². The summed E-state index contributed by atoms with van der Waals surface area (Å²) < 4.78 is 55.4. The normalized spacial score (nSPS) is 11.4. The molecule has 1 aromatic carbocycles. The molecule has 36 heavy (non-hydrogen) atoms. The SMILES string of the molecule is CCn1cc(Nc2ncc(-c3ccc(CC(=O)Nc4cnc(Cl)c(C(F)(F)F)c4)c(F)c3)cn2)cn1. The summed E-state index contributed by atoms with van der Waals surface area (Å²) in [6.07, 6.45) is 2.34. The van der Waals surface area contributed by atoms with E-state index in [9.17, 15) is 22.4 Å². The zero-order chi connectivity index (χ0) is 25.9. The van der Waals surface area contributed by atoms with Crippen molar-refractivity contribution in [2.45, 2.75) is 26.1 Å². The van der Waals surface area contributed by atoms with Gasteiger partial charge < -0.3 is 10.6 Å². The van der Waals surface area contributed by atoms with Crippen molar-refractivity contribution in [2.75, 3.05) is 10.6 Å². The molecule has 3 aromatic heterocycles. The second-order valence-corrected chi connectivity index (χ2v) is 7.95. The molecule has 2 N–H and O–H groups in total. The van der Waals surface area contributed by atoms with E-state index < -0.39 is 35.0 Å². The fourth-order valence-corrected chi connectivity index (χ4v) is 3.45. The minimum atomic E-state index is -4.73. The molecule has 4 rings (SSSR count). The number of aryl methyl sites for hydroxylation is 1. The van der Waals surface area contributed by atoms with Gasteiger partial charge in [-0.3, -0.25) is 9.48 Å². The van der Waals surface area contributed by atoms with Crippen molar-refractivity contribution in [2.24, 2.45) is 0 Å². The molecular formula is C23H18ClF4N7O. The Morgan fingerprint density at radius 2 is 1.78 bits per heavy atom. The lowest BCUT2D eigenvalue weighted by molar-refractivity contribution is -0.137. The Balaban J connectivity index is 1.41. The number of halogens is 5. The first-order valence-electron chi connectivity index (χ1n) is 10.6. The van der Waals surface area contributed by atoms with Gasteiger partial charge in [-0.05, 0) is 30.2 Å². The number of nitrogens with zero attached hydrogens (tertiary/aromatic N) is 5. The van der Waals surface area contributed by atoms with Crippen LogP contribution in [0.3, 0.4) is 0 Å². The second kappa shape index (κ2) is 10.3. The van der Waals surface area contributed by atoms with Crippen molar-refractivity contribution in [3.05, 3.63) is 77.3 Å². The van der Waals surface area contributed by atoms with Gasteiger partial charge in [0.1, 0.15) is 11.0 Å². The number of pyridine rings is 1. The van der Waals surface area contributed by atoms with Gasteiger partial charge in [-0.15, -0.1) is 0 Å². The number of nitrogens with one attached hydrogen (secondary N) is 2. The van der Waals surface area contributed by atoms with Crippen LogP contribution in [-0.4, -0.2) is 30.6 Å². The van der Waals surface area contributed by atoms with E-state index in [1.54, 1.807) is 23.1 Å². The molecule has 0 bridgehead atoms. The Morgan fingerprint density at radius 1 is 1.03 bits per heavy atom. The maximum atomic E-state index is 14.7. The number of rotatable bonds is 7. The molecule has 0 radical (unpaired) electrons. The zero-order valence-corrected chi connectivity index (χ0v) is 19.4. The van der Waals surface area contributed by atoms with E-state index in [0.717, 1.165) is 18.4 Å². The van der Waals surface area contributed by atoms with Crippen molar-refractivity contribution in [1.29, 1.82) is 0 Å². The third-order valence-corrected chi connectivity index (χ3v) is 5.33. The van der Waals surface area contributed by atoms with Crippen molar-refractivity contribution >= 4 is 34.8 Å². The van der Waals surface area contributed by atoms with Crippen LogP contribution in [0.5, 0.6) is 0 Å². The fraction of sp³-hybridized carbons (Fsp3) is 0.174.